The fourth-order valence-electron chi connectivity index (χ4n) is 3.39. The van der Waals surface area contributed by atoms with Gasteiger partial charge in [-0.25, -0.2) is 4.98 Å². The quantitative estimate of drug-likeness (QED) is 0.612. The number of amides is 1. The van der Waals surface area contributed by atoms with E-state index in [9.17, 15) is 4.79 Å². The van der Waals surface area contributed by atoms with Gasteiger partial charge in [0.2, 0.25) is 0 Å². The molecule has 0 bridgehead atoms. The molecular formula is C20H23BrClN3O. The molecule has 1 heterocycles. The van der Waals surface area contributed by atoms with Crippen LogP contribution in [-0.4, -0.2) is 22.3 Å². The van der Waals surface area contributed by atoms with Crippen molar-refractivity contribution in [1.82, 2.24) is 10.3 Å². The first-order chi connectivity index (χ1) is 12.6. The lowest BCUT2D eigenvalue weighted by Crippen LogP contribution is -2.32. The van der Waals surface area contributed by atoms with Crippen molar-refractivity contribution >= 4 is 39.3 Å². The van der Waals surface area contributed by atoms with Crippen molar-refractivity contribution in [2.24, 2.45) is 5.92 Å². The number of nitrogens with one attached hydrogen (secondary N) is 2. The van der Waals surface area contributed by atoms with E-state index in [2.05, 4.69) is 31.5 Å². The van der Waals surface area contributed by atoms with Crippen molar-refractivity contribution in [3.63, 3.8) is 0 Å². The normalized spacial score (nSPS) is 22.9. The number of carbonyl (C=O) groups is 1. The molecule has 2 N–H and O–H groups in total. The Labute approximate surface area is 167 Å². The van der Waals surface area contributed by atoms with Gasteiger partial charge in [-0.05, 0) is 61.3 Å². The summed E-state index contributed by atoms with van der Waals surface area (Å²) in [6, 6.07) is 2.04. The summed E-state index contributed by atoms with van der Waals surface area (Å²) in [6.45, 7) is 0.786. The van der Waals surface area contributed by atoms with E-state index in [0.717, 1.165) is 53.5 Å². The van der Waals surface area contributed by atoms with Gasteiger partial charge in [-0.3, -0.25) is 4.79 Å². The number of halogens is 2. The van der Waals surface area contributed by atoms with E-state index in [1.165, 1.54) is 19.3 Å². The molecule has 26 heavy (non-hydrogen) atoms. The Bertz CT molecular complexity index is 768. The molecule has 4 nitrogen and oxygen atoms in total. The van der Waals surface area contributed by atoms with Crippen LogP contribution in [0.2, 0.25) is 0 Å². The molecule has 1 amide bonds. The smallest absolute Gasteiger partial charge is 0.253 e. The maximum Gasteiger partial charge on any atom is 0.253 e. The Hall–Kier alpha value is -1.33. The van der Waals surface area contributed by atoms with Crippen LogP contribution in [0.25, 0.3) is 0 Å². The zero-order chi connectivity index (χ0) is 18.1. The van der Waals surface area contributed by atoms with Crippen LogP contribution in [0.1, 0.15) is 60.4 Å². The second-order valence-electron chi connectivity index (χ2n) is 7.47. The van der Waals surface area contributed by atoms with Crippen LogP contribution < -0.4 is 10.6 Å². The molecule has 1 aromatic heterocycles. The van der Waals surface area contributed by atoms with Gasteiger partial charge in [-0.2, -0.15) is 0 Å². The van der Waals surface area contributed by atoms with E-state index >= 15 is 0 Å². The molecule has 3 aliphatic carbocycles. The fourth-order valence-corrected chi connectivity index (χ4v) is 4.41. The molecule has 0 aromatic carbocycles. The van der Waals surface area contributed by atoms with Crippen LogP contribution in [-0.2, 0) is 0 Å². The predicted octanol–water partition coefficient (Wildman–Crippen LogP) is 5.07. The first kappa shape index (κ1) is 18.1. The highest BCUT2D eigenvalue weighted by Crippen LogP contribution is 2.42. The van der Waals surface area contributed by atoms with Gasteiger partial charge in [0.05, 0.1) is 10.4 Å². The maximum atomic E-state index is 12.6. The lowest BCUT2D eigenvalue weighted by molar-refractivity contribution is 0.0937. The molecule has 0 spiro atoms. The van der Waals surface area contributed by atoms with E-state index < -0.39 is 0 Å². The first-order valence-electron chi connectivity index (χ1n) is 9.35. The van der Waals surface area contributed by atoms with E-state index in [1.54, 1.807) is 6.20 Å². The van der Waals surface area contributed by atoms with Gasteiger partial charge < -0.3 is 10.6 Å². The van der Waals surface area contributed by atoms with Gasteiger partial charge in [0, 0.05) is 29.9 Å². The number of anilines is 1. The third-order valence-corrected chi connectivity index (χ3v) is 6.50. The average Bonchev–Trinajstić information content (AvgIpc) is 3.41. The van der Waals surface area contributed by atoms with Gasteiger partial charge in [-0.15, -0.1) is 0 Å². The van der Waals surface area contributed by atoms with Crippen LogP contribution in [0.5, 0.6) is 0 Å². The number of carbonyl (C=O) groups excluding carboxylic acids is 1. The highest BCUT2D eigenvalue weighted by atomic mass is 79.9. The lowest BCUT2D eigenvalue weighted by Gasteiger charge is -2.25. The monoisotopic (exact) mass is 435 g/mol. The molecule has 1 unspecified atom stereocenters. The summed E-state index contributed by atoms with van der Waals surface area (Å²) in [6.07, 6.45) is 12.4. The van der Waals surface area contributed by atoms with E-state index in [1.807, 2.05) is 18.2 Å². The summed E-state index contributed by atoms with van der Waals surface area (Å²) in [5.74, 6) is 1.94. The van der Waals surface area contributed by atoms with E-state index in [-0.39, 0.29) is 10.7 Å². The van der Waals surface area contributed by atoms with Crippen LogP contribution in [0.15, 0.2) is 35.1 Å². The summed E-state index contributed by atoms with van der Waals surface area (Å²) in [5, 5.41) is 7.31. The second-order valence-corrected chi connectivity index (χ2v) is 9.06. The molecule has 6 heteroatoms. The zero-order valence-electron chi connectivity index (χ0n) is 14.6. The third kappa shape index (κ3) is 4.15. The number of hydrogen-bond acceptors (Lipinski definition) is 3. The SMILES string of the molecule is O=C(NCC1CCC1)c1cnc(NC2=CC=C(Cl)CC2Br)cc1C1CC1. The Morgan fingerprint density at radius 3 is 2.73 bits per heavy atom. The Balaban J connectivity index is 1.49. The summed E-state index contributed by atoms with van der Waals surface area (Å²) in [4.78, 5) is 17.3. The molecule has 4 rings (SSSR count). The fraction of sp³-hybridized carbons (Fsp3) is 0.500. The molecule has 138 valence electrons. The van der Waals surface area contributed by atoms with Crippen molar-refractivity contribution in [3.05, 3.63) is 46.3 Å². The molecule has 1 aromatic rings. The number of allylic oxidation sites excluding steroid dienone is 4. The summed E-state index contributed by atoms with van der Waals surface area (Å²) < 4.78 is 0. The van der Waals surface area contributed by atoms with Gasteiger partial charge in [0.1, 0.15) is 5.82 Å². The Morgan fingerprint density at radius 2 is 2.08 bits per heavy atom. The molecule has 2 fully saturated rings. The average molecular weight is 437 g/mol. The van der Waals surface area contributed by atoms with Crippen LogP contribution >= 0.6 is 27.5 Å². The topological polar surface area (TPSA) is 54.0 Å². The highest BCUT2D eigenvalue weighted by molar-refractivity contribution is 9.09. The number of rotatable bonds is 6. The maximum absolute atomic E-state index is 12.6. The minimum atomic E-state index is 0.0165. The van der Waals surface area contributed by atoms with Crippen LogP contribution in [0.4, 0.5) is 5.82 Å². The minimum Gasteiger partial charge on any atom is -0.352 e. The van der Waals surface area contributed by atoms with E-state index in [0.29, 0.717) is 11.8 Å². The largest absolute Gasteiger partial charge is 0.352 e. The van der Waals surface area contributed by atoms with Crippen molar-refractivity contribution in [3.8, 4) is 0 Å². The number of alkyl halides is 1. The number of aromatic nitrogens is 1. The first-order valence-corrected chi connectivity index (χ1v) is 10.6. The minimum absolute atomic E-state index is 0.0165. The van der Waals surface area contributed by atoms with Gasteiger partial charge in [-0.1, -0.05) is 34.0 Å². The molecule has 2 saturated carbocycles. The lowest BCUT2D eigenvalue weighted by atomic mass is 9.85. The highest BCUT2D eigenvalue weighted by Gasteiger charge is 2.29. The second kappa shape index (κ2) is 7.73. The van der Waals surface area contributed by atoms with Crippen molar-refractivity contribution < 1.29 is 4.79 Å². The van der Waals surface area contributed by atoms with Crippen molar-refractivity contribution in [2.45, 2.75) is 49.3 Å². The molecule has 0 aliphatic heterocycles. The summed E-state index contributed by atoms with van der Waals surface area (Å²) in [7, 11) is 0. The Morgan fingerprint density at radius 1 is 1.27 bits per heavy atom. The number of pyridine rings is 1. The number of nitrogens with zero attached hydrogens (tertiary/aromatic N) is 1. The molecule has 3 aliphatic rings. The third-order valence-electron chi connectivity index (χ3n) is 5.40. The van der Waals surface area contributed by atoms with Crippen LogP contribution in [0, 0.1) is 5.92 Å². The van der Waals surface area contributed by atoms with Gasteiger partial charge >= 0.3 is 0 Å². The standard InChI is InChI=1S/C20H23BrClN3O/c21-17-8-14(22)6-7-18(17)25-19-9-15(13-4-5-13)16(11-23-19)20(26)24-10-12-2-1-3-12/h6-7,9,11-13,17H,1-5,8,10H2,(H,23,25)(H,24,26). The predicted molar refractivity (Wildman–Crippen MR) is 109 cm³/mol. The summed E-state index contributed by atoms with van der Waals surface area (Å²) in [5.41, 5.74) is 2.88. The molecule has 0 radical (unpaired) electrons. The van der Waals surface area contributed by atoms with Crippen molar-refractivity contribution in [1.29, 1.82) is 0 Å². The molecular weight excluding hydrogens is 414 g/mol. The molecule has 0 saturated heterocycles. The summed E-state index contributed by atoms with van der Waals surface area (Å²) >= 11 is 9.72. The van der Waals surface area contributed by atoms with Crippen LogP contribution in [0.3, 0.4) is 0 Å². The Kier molecular flexibility index (Phi) is 5.37. The van der Waals surface area contributed by atoms with Gasteiger partial charge in [0.15, 0.2) is 0 Å². The zero-order valence-corrected chi connectivity index (χ0v) is 16.9. The van der Waals surface area contributed by atoms with Crippen molar-refractivity contribution in [2.75, 3.05) is 11.9 Å². The number of hydrogen-bond donors (Lipinski definition) is 2. The van der Waals surface area contributed by atoms with E-state index in [4.69, 9.17) is 11.6 Å². The molecule has 1 atom stereocenters. The van der Waals surface area contributed by atoms with Gasteiger partial charge in [0.25, 0.3) is 5.91 Å².